The van der Waals surface area contributed by atoms with E-state index < -0.39 is 0 Å². The van der Waals surface area contributed by atoms with Crippen molar-refractivity contribution in [3.63, 3.8) is 0 Å². The Morgan fingerprint density at radius 2 is 1.66 bits per heavy atom. The molecule has 154 valence electrons. The van der Waals surface area contributed by atoms with E-state index in [-0.39, 0.29) is 11.5 Å². The minimum absolute atomic E-state index is 0.0578. The van der Waals surface area contributed by atoms with Gasteiger partial charge in [0.25, 0.3) is 0 Å². The minimum Gasteiger partial charge on any atom is -0.393 e. The van der Waals surface area contributed by atoms with Gasteiger partial charge in [0.1, 0.15) is 0 Å². The zero-order chi connectivity index (χ0) is 20.3. The van der Waals surface area contributed by atoms with Crippen LogP contribution in [0.15, 0.2) is 66.2 Å². The molecule has 0 spiro atoms. The summed E-state index contributed by atoms with van der Waals surface area (Å²) in [6.45, 7) is 4.69. The third-order valence-electron chi connectivity index (χ3n) is 7.73. The molecule has 29 heavy (non-hydrogen) atoms. The number of aliphatic hydroxyl groups is 1. The molecule has 0 bridgehead atoms. The van der Waals surface area contributed by atoms with Gasteiger partial charge in [-0.1, -0.05) is 99.3 Å². The second kappa shape index (κ2) is 8.88. The molecule has 4 rings (SSSR count). The standard InChI is InChI=1S/C28H36O/c1-3-4-5-8-17-24-20-25-26(29)18-19-28(25,21(2)22-13-9-6-10-14-22)27(24)23-15-11-7-12-16-23/h6-7,9-16,21,25-26,29H,3-5,8,17-20H2,1-2H3/t21?,25?,26-,28-/m0/s1. The van der Waals surface area contributed by atoms with Gasteiger partial charge >= 0.3 is 0 Å². The summed E-state index contributed by atoms with van der Waals surface area (Å²) in [5.41, 5.74) is 6.05. The van der Waals surface area contributed by atoms with Gasteiger partial charge in [-0.25, -0.2) is 0 Å². The first-order valence-electron chi connectivity index (χ1n) is 11.7. The lowest BCUT2D eigenvalue weighted by Gasteiger charge is -2.40. The SMILES string of the molecule is CCCCCCC1=C(c2ccccc2)[C@]2(C(C)c3ccccc3)CC[C@H](O)C2C1. The highest BCUT2D eigenvalue weighted by Crippen LogP contribution is 2.66. The van der Waals surface area contributed by atoms with Gasteiger partial charge in [0.05, 0.1) is 6.10 Å². The van der Waals surface area contributed by atoms with Crippen LogP contribution in [-0.4, -0.2) is 11.2 Å². The molecule has 2 aliphatic carbocycles. The Morgan fingerprint density at radius 3 is 2.34 bits per heavy atom. The van der Waals surface area contributed by atoms with Gasteiger partial charge < -0.3 is 5.11 Å². The van der Waals surface area contributed by atoms with Crippen LogP contribution >= 0.6 is 0 Å². The van der Waals surface area contributed by atoms with Crippen molar-refractivity contribution in [3.8, 4) is 0 Å². The summed E-state index contributed by atoms with van der Waals surface area (Å²) in [4.78, 5) is 0. The zero-order valence-corrected chi connectivity index (χ0v) is 18.1. The molecule has 0 radical (unpaired) electrons. The predicted molar refractivity (Wildman–Crippen MR) is 123 cm³/mol. The van der Waals surface area contributed by atoms with Crippen molar-refractivity contribution < 1.29 is 5.11 Å². The number of aliphatic hydroxyl groups excluding tert-OH is 1. The van der Waals surface area contributed by atoms with Crippen molar-refractivity contribution in [2.75, 3.05) is 0 Å². The van der Waals surface area contributed by atoms with Crippen LogP contribution in [0.5, 0.6) is 0 Å². The summed E-state index contributed by atoms with van der Waals surface area (Å²) in [5, 5.41) is 11.0. The van der Waals surface area contributed by atoms with Crippen molar-refractivity contribution in [1.29, 1.82) is 0 Å². The minimum atomic E-state index is -0.173. The molecule has 2 aromatic carbocycles. The van der Waals surface area contributed by atoms with Crippen LogP contribution < -0.4 is 0 Å². The molecule has 1 heteroatoms. The van der Waals surface area contributed by atoms with E-state index in [1.54, 1.807) is 11.1 Å². The first kappa shape index (κ1) is 20.4. The monoisotopic (exact) mass is 388 g/mol. The largest absolute Gasteiger partial charge is 0.393 e. The maximum Gasteiger partial charge on any atom is 0.0580 e. The number of unbranched alkanes of at least 4 members (excludes halogenated alkanes) is 3. The fourth-order valence-corrected chi connectivity index (χ4v) is 6.30. The fraction of sp³-hybridized carbons (Fsp3) is 0.500. The molecule has 2 aliphatic rings. The van der Waals surface area contributed by atoms with Gasteiger partial charge in [0.2, 0.25) is 0 Å². The van der Waals surface area contributed by atoms with E-state index in [9.17, 15) is 5.11 Å². The van der Waals surface area contributed by atoms with Crippen LogP contribution in [-0.2, 0) is 0 Å². The summed E-state index contributed by atoms with van der Waals surface area (Å²) in [6.07, 6.45) is 9.32. The fourth-order valence-electron chi connectivity index (χ4n) is 6.30. The van der Waals surface area contributed by atoms with E-state index in [1.165, 1.54) is 43.2 Å². The second-order valence-corrected chi connectivity index (χ2v) is 9.24. The van der Waals surface area contributed by atoms with Crippen LogP contribution in [0, 0.1) is 11.3 Å². The highest BCUT2D eigenvalue weighted by molar-refractivity contribution is 5.78. The van der Waals surface area contributed by atoms with Gasteiger partial charge in [-0.15, -0.1) is 0 Å². The smallest absolute Gasteiger partial charge is 0.0580 e. The molecule has 0 aromatic heterocycles. The average molecular weight is 389 g/mol. The molecule has 1 N–H and O–H groups in total. The van der Waals surface area contributed by atoms with Crippen LogP contribution in [0.4, 0.5) is 0 Å². The van der Waals surface area contributed by atoms with Crippen LogP contribution in [0.3, 0.4) is 0 Å². The number of hydrogen-bond acceptors (Lipinski definition) is 1. The Hall–Kier alpha value is -1.86. The zero-order valence-electron chi connectivity index (χ0n) is 18.1. The lowest BCUT2D eigenvalue weighted by atomic mass is 9.63. The highest BCUT2D eigenvalue weighted by Gasteiger charge is 2.57. The number of rotatable bonds is 8. The van der Waals surface area contributed by atoms with Crippen molar-refractivity contribution in [2.24, 2.45) is 11.3 Å². The number of benzene rings is 2. The van der Waals surface area contributed by atoms with Crippen molar-refractivity contribution in [3.05, 3.63) is 77.4 Å². The Bertz CT molecular complexity index is 822. The van der Waals surface area contributed by atoms with Crippen molar-refractivity contribution >= 4 is 5.57 Å². The Morgan fingerprint density at radius 1 is 0.966 bits per heavy atom. The maximum absolute atomic E-state index is 11.0. The third-order valence-corrected chi connectivity index (χ3v) is 7.73. The van der Waals surface area contributed by atoms with E-state index in [2.05, 4.69) is 74.5 Å². The molecule has 0 amide bonds. The maximum atomic E-state index is 11.0. The molecule has 1 nitrogen and oxygen atoms in total. The molecule has 0 aliphatic heterocycles. The van der Waals surface area contributed by atoms with Gasteiger partial charge in [-0.3, -0.25) is 0 Å². The second-order valence-electron chi connectivity index (χ2n) is 9.24. The molecule has 2 unspecified atom stereocenters. The van der Waals surface area contributed by atoms with E-state index in [4.69, 9.17) is 0 Å². The van der Waals surface area contributed by atoms with Gasteiger partial charge in [0.15, 0.2) is 0 Å². The molecule has 1 fully saturated rings. The first-order valence-corrected chi connectivity index (χ1v) is 11.7. The lowest BCUT2D eigenvalue weighted by Crippen LogP contribution is -2.33. The van der Waals surface area contributed by atoms with Crippen LogP contribution in [0.25, 0.3) is 5.57 Å². The van der Waals surface area contributed by atoms with Crippen molar-refractivity contribution in [2.45, 2.75) is 77.2 Å². The predicted octanol–water partition coefficient (Wildman–Crippen LogP) is 7.38. The number of allylic oxidation sites excluding steroid dienone is 2. The molecule has 4 atom stereocenters. The quantitative estimate of drug-likeness (QED) is 0.468. The third kappa shape index (κ3) is 3.70. The van der Waals surface area contributed by atoms with E-state index in [1.807, 2.05) is 0 Å². The molecule has 2 aromatic rings. The van der Waals surface area contributed by atoms with E-state index >= 15 is 0 Å². The summed E-state index contributed by atoms with van der Waals surface area (Å²) >= 11 is 0. The molecule has 1 saturated carbocycles. The van der Waals surface area contributed by atoms with Crippen molar-refractivity contribution in [1.82, 2.24) is 0 Å². The topological polar surface area (TPSA) is 20.2 Å². The summed E-state index contributed by atoms with van der Waals surface area (Å²) in [6, 6.07) is 22.1. The highest BCUT2D eigenvalue weighted by atomic mass is 16.3. The van der Waals surface area contributed by atoms with Crippen LogP contribution in [0.2, 0.25) is 0 Å². The van der Waals surface area contributed by atoms with E-state index in [0.717, 1.165) is 19.3 Å². The van der Waals surface area contributed by atoms with Gasteiger partial charge in [0, 0.05) is 5.41 Å². The van der Waals surface area contributed by atoms with Crippen LogP contribution in [0.1, 0.15) is 82.3 Å². The molecule has 0 saturated heterocycles. The summed E-state index contributed by atoms with van der Waals surface area (Å²) in [5.74, 6) is 0.767. The van der Waals surface area contributed by atoms with Gasteiger partial charge in [-0.2, -0.15) is 0 Å². The Kier molecular flexibility index (Phi) is 6.25. The van der Waals surface area contributed by atoms with Gasteiger partial charge in [-0.05, 0) is 60.6 Å². The average Bonchev–Trinajstić information content (AvgIpc) is 3.27. The summed E-state index contributed by atoms with van der Waals surface area (Å²) < 4.78 is 0. The summed E-state index contributed by atoms with van der Waals surface area (Å²) in [7, 11) is 0. The molecule has 0 heterocycles. The lowest BCUT2D eigenvalue weighted by molar-refractivity contribution is 0.0992. The normalized spacial score (nSPS) is 27.3. The Balaban J connectivity index is 1.79. The van der Waals surface area contributed by atoms with E-state index in [0.29, 0.717) is 11.8 Å². The number of fused-ring (bicyclic) bond motifs is 1. The first-order chi connectivity index (χ1) is 14.2. The number of hydrogen-bond donors (Lipinski definition) is 1. The Labute approximate surface area is 176 Å². The molecular formula is C28H36O. The molecular weight excluding hydrogens is 352 g/mol.